The lowest BCUT2D eigenvalue weighted by Crippen LogP contribution is -2.11. The van der Waals surface area contributed by atoms with Crippen LogP contribution in [0.3, 0.4) is 0 Å². The van der Waals surface area contributed by atoms with Crippen LogP contribution in [0.15, 0.2) is 89.5 Å². The number of anilines is 2. The number of hydrogen-bond donors (Lipinski definition) is 1. The average molecular weight is 495 g/mol. The summed E-state index contributed by atoms with van der Waals surface area (Å²) in [5.74, 6) is 0. The maximum Gasteiger partial charge on any atom is 0.136 e. The number of pyridine rings is 1. The van der Waals surface area contributed by atoms with E-state index in [1.54, 1.807) is 0 Å². The molecule has 6 aromatic rings. The summed E-state index contributed by atoms with van der Waals surface area (Å²) in [7, 11) is 0. The SMILES string of the molecule is Cc1ccc2c(c1)-c1c(C)c(cc3oc4ccccc4c13)-c1cc(-c3cc(C(C)(C)C)ccn3)ccc1N2. The zero-order chi connectivity index (χ0) is 26.2. The van der Waals surface area contributed by atoms with Crippen molar-refractivity contribution < 1.29 is 4.42 Å². The third-order valence-electron chi connectivity index (χ3n) is 7.87. The third-order valence-corrected chi connectivity index (χ3v) is 7.87. The summed E-state index contributed by atoms with van der Waals surface area (Å²) >= 11 is 0. The molecule has 38 heavy (non-hydrogen) atoms. The highest BCUT2D eigenvalue weighted by Crippen LogP contribution is 2.49. The topological polar surface area (TPSA) is 38.1 Å². The first-order chi connectivity index (χ1) is 18.3. The number of benzene rings is 4. The van der Waals surface area contributed by atoms with Crippen molar-refractivity contribution in [3.63, 3.8) is 0 Å². The number of rotatable bonds is 1. The molecule has 186 valence electrons. The van der Waals surface area contributed by atoms with Gasteiger partial charge in [0, 0.05) is 45.0 Å². The van der Waals surface area contributed by atoms with Crippen molar-refractivity contribution in [3.8, 4) is 33.5 Å². The van der Waals surface area contributed by atoms with Crippen LogP contribution in [0.1, 0.15) is 37.5 Å². The van der Waals surface area contributed by atoms with E-state index in [1.165, 1.54) is 38.8 Å². The summed E-state index contributed by atoms with van der Waals surface area (Å²) in [4.78, 5) is 4.75. The average Bonchev–Trinajstić information content (AvgIpc) is 3.27. The van der Waals surface area contributed by atoms with Gasteiger partial charge in [0.25, 0.3) is 0 Å². The van der Waals surface area contributed by atoms with Crippen LogP contribution in [0.2, 0.25) is 0 Å². The Morgan fingerprint density at radius 1 is 0.737 bits per heavy atom. The fourth-order valence-corrected chi connectivity index (χ4v) is 5.81. The number of para-hydroxylation sites is 1. The van der Waals surface area contributed by atoms with Crippen LogP contribution >= 0.6 is 0 Å². The van der Waals surface area contributed by atoms with E-state index in [0.717, 1.165) is 44.7 Å². The van der Waals surface area contributed by atoms with Gasteiger partial charge in [0.15, 0.2) is 0 Å². The maximum absolute atomic E-state index is 6.46. The predicted molar refractivity (Wildman–Crippen MR) is 159 cm³/mol. The van der Waals surface area contributed by atoms with Gasteiger partial charge in [-0.3, -0.25) is 4.98 Å². The smallest absolute Gasteiger partial charge is 0.136 e. The Kier molecular flexibility index (Phi) is 4.84. The summed E-state index contributed by atoms with van der Waals surface area (Å²) in [5.41, 5.74) is 14.7. The third kappa shape index (κ3) is 3.46. The van der Waals surface area contributed by atoms with Gasteiger partial charge in [0.05, 0.1) is 5.69 Å². The van der Waals surface area contributed by atoms with Crippen molar-refractivity contribution in [1.82, 2.24) is 4.98 Å². The molecular weight excluding hydrogens is 464 g/mol. The minimum Gasteiger partial charge on any atom is -0.456 e. The van der Waals surface area contributed by atoms with Crippen LogP contribution in [0.25, 0.3) is 55.4 Å². The monoisotopic (exact) mass is 494 g/mol. The number of fused-ring (bicyclic) bond motifs is 10. The van der Waals surface area contributed by atoms with Gasteiger partial charge in [0.2, 0.25) is 0 Å². The van der Waals surface area contributed by atoms with Crippen molar-refractivity contribution in [3.05, 3.63) is 102 Å². The second kappa shape index (κ2) is 8.06. The van der Waals surface area contributed by atoms with Crippen molar-refractivity contribution in [2.75, 3.05) is 5.32 Å². The zero-order valence-electron chi connectivity index (χ0n) is 22.4. The number of aromatic nitrogens is 1. The normalized spacial score (nSPS) is 12.6. The van der Waals surface area contributed by atoms with Gasteiger partial charge < -0.3 is 9.73 Å². The van der Waals surface area contributed by atoms with Crippen LogP contribution in [-0.4, -0.2) is 4.98 Å². The van der Waals surface area contributed by atoms with Gasteiger partial charge in [-0.25, -0.2) is 0 Å². The lowest BCUT2D eigenvalue weighted by atomic mass is 9.85. The highest BCUT2D eigenvalue weighted by Gasteiger charge is 2.25. The van der Waals surface area contributed by atoms with Crippen LogP contribution in [0, 0.1) is 13.8 Å². The number of nitrogens with zero attached hydrogens (tertiary/aromatic N) is 1. The van der Waals surface area contributed by atoms with Gasteiger partial charge >= 0.3 is 0 Å². The summed E-state index contributed by atoms with van der Waals surface area (Å²) in [6.07, 6.45) is 1.92. The molecule has 0 amide bonds. The van der Waals surface area contributed by atoms with E-state index in [0.29, 0.717) is 0 Å². The molecule has 0 radical (unpaired) electrons. The van der Waals surface area contributed by atoms with Gasteiger partial charge in [-0.1, -0.05) is 56.7 Å². The predicted octanol–water partition coefficient (Wildman–Crippen LogP) is 9.95. The van der Waals surface area contributed by atoms with Crippen LogP contribution in [0.5, 0.6) is 0 Å². The number of furan rings is 1. The van der Waals surface area contributed by atoms with Crippen LogP contribution in [0.4, 0.5) is 11.4 Å². The lowest BCUT2D eigenvalue weighted by Gasteiger charge is -2.24. The first-order valence-electron chi connectivity index (χ1n) is 13.2. The second-order valence-electron chi connectivity index (χ2n) is 11.5. The molecule has 0 atom stereocenters. The molecule has 0 aliphatic carbocycles. The van der Waals surface area contributed by atoms with E-state index in [2.05, 4.69) is 113 Å². The molecule has 1 N–H and O–H groups in total. The highest BCUT2D eigenvalue weighted by atomic mass is 16.3. The first-order valence-corrected chi connectivity index (χ1v) is 13.2. The Balaban J connectivity index is 1.55. The van der Waals surface area contributed by atoms with E-state index in [1.807, 2.05) is 12.3 Å². The standard InChI is InChI=1S/C35H30N2O/c1-20-10-12-29-27(16-20)33-21(2)25(19-32-34(33)24-8-6-7-9-31(24)38-32)26-17-22(11-13-28(26)37-29)30-18-23(14-15-36-30)35(3,4)5/h6-19,37H,1-5H3. The maximum atomic E-state index is 6.46. The minimum atomic E-state index is 0.0580. The largest absolute Gasteiger partial charge is 0.456 e. The van der Waals surface area contributed by atoms with E-state index in [-0.39, 0.29) is 5.41 Å². The zero-order valence-corrected chi connectivity index (χ0v) is 22.4. The minimum absolute atomic E-state index is 0.0580. The second-order valence-corrected chi connectivity index (χ2v) is 11.5. The molecule has 3 heterocycles. The number of hydrogen-bond acceptors (Lipinski definition) is 3. The molecule has 1 aliphatic heterocycles. The van der Waals surface area contributed by atoms with Crippen molar-refractivity contribution in [2.24, 2.45) is 0 Å². The van der Waals surface area contributed by atoms with E-state index < -0.39 is 0 Å². The van der Waals surface area contributed by atoms with Crippen molar-refractivity contribution >= 4 is 33.3 Å². The Morgan fingerprint density at radius 3 is 2.37 bits per heavy atom. The Bertz CT molecular complexity index is 1900. The van der Waals surface area contributed by atoms with E-state index in [4.69, 9.17) is 9.40 Å². The first kappa shape index (κ1) is 22.8. The lowest BCUT2D eigenvalue weighted by molar-refractivity contribution is 0.589. The molecule has 3 nitrogen and oxygen atoms in total. The molecule has 2 aromatic heterocycles. The molecule has 0 saturated heterocycles. The molecule has 0 saturated carbocycles. The summed E-state index contributed by atoms with van der Waals surface area (Å²) in [6, 6.07) is 28.2. The molecule has 3 heteroatoms. The molecule has 1 aliphatic rings. The molecular formula is C35H30N2O. The fraction of sp³-hybridized carbons (Fsp3) is 0.171. The van der Waals surface area contributed by atoms with Crippen LogP contribution < -0.4 is 5.32 Å². The molecule has 0 unspecified atom stereocenters. The highest BCUT2D eigenvalue weighted by molar-refractivity contribution is 6.17. The summed E-state index contributed by atoms with van der Waals surface area (Å²) in [5, 5.41) is 6.10. The Morgan fingerprint density at radius 2 is 1.53 bits per heavy atom. The fourth-order valence-electron chi connectivity index (χ4n) is 5.81. The van der Waals surface area contributed by atoms with Gasteiger partial charge in [-0.2, -0.15) is 0 Å². The van der Waals surface area contributed by atoms with Gasteiger partial charge in [0.1, 0.15) is 11.2 Å². The van der Waals surface area contributed by atoms with Crippen molar-refractivity contribution in [2.45, 2.75) is 40.0 Å². The van der Waals surface area contributed by atoms with Crippen LogP contribution in [-0.2, 0) is 5.41 Å². The summed E-state index contributed by atoms with van der Waals surface area (Å²) < 4.78 is 6.46. The molecule has 0 fully saturated rings. The molecule has 7 rings (SSSR count). The Labute approximate surface area is 223 Å². The van der Waals surface area contributed by atoms with Gasteiger partial charge in [-0.15, -0.1) is 0 Å². The Hall–Kier alpha value is -4.37. The van der Waals surface area contributed by atoms with Gasteiger partial charge in [-0.05, 0) is 90.0 Å². The molecule has 4 aromatic carbocycles. The van der Waals surface area contributed by atoms with E-state index in [9.17, 15) is 0 Å². The molecule has 2 bridgehead atoms. The number of nitrogens with one attached hydrogen (secondary N) is 1. The number of aryl methyl sites for hydroxylation is 1. The van der Waals surface area contributed by atoms with Crippen molar-refractivity contribution in [1.29, 1.82) is 0 Å². The van der Waals surface area contributed by atoms with E-state index >= 15 is 0 Å². The molecule has 0 spiro atoms. The summed E-state index contributed by atoms with van der Waals surface area (Å²) in [6.45, 7) is 11.1. The quantitative estimate of drug-likeness (QED) is 0.247.